The summed E-state index contributed by atoms with van der Waals surface area (Å²) in [5.41, 5.74) is 9.90. The average Bonchev–Trinajstić information content (AvgIpc) is 2.95. The van der Waals surface area contributed by atoms with Crippen LogP contribution in [0, 0.1) is 5.41 Å². The monoisotopic (exact) mass is 399 g/mol. The van der Waals surface area contributed by atoms with Crippen LogP contribution in [0.5, 0.6) is 0 Å². The molecule has 1 aromatic heterocycles. The van der Waals surface area contributed by atoms with E-state index in [-0.39, 0.29) is 17.3 Å². The molecule has 1 saturated carbocycles. The van der Waals surface area contributed by atoms with Crippen LogP contribution in [0.2, 0.25) is 0 Å². The highest BCUT2D eigenvalue weighted by Gasteiger charge is 2.43. The fraction of sp³-hybridized carbons (Fsp3) is 0.409. The molecule has 0 radical (unpaired) electrons. The Bertz CT molecular complexity index is 1030. The third-order valence-electron chi connectivity index (χ3n) is 6.32. The summed E-state index contributed by atoms with van der Waals surface area (Å²) in [5.74, 6) is -0.173. The molecule has 148 valence electrons. The second-order valence-corrected chi connectivity index (χ2v) is 9.58. The van der Waals surface area contributed by atoms with Gasteiger partial charge in [-0.1, -0.05) is 19.4 Å². The average molecular weight is 400 g/mol. The van der Waals surface area contributed by atoms with E-state index in [1.165, 1.54) is 6.21 Å². The van der Waals surface area contributed by atoms with Gasteiger partial charge in [-0.05, 0) is 61.1 Å². The summed E-state index contributed by atoms with van der Waals surface area (Å²) >= 11 is -1.19. The van der Waals surface area contributed by atoms with Crippen molar-refractivity contribution in [1.29, 1.82) is 5.41 Å². The minimum atomic E-state index is -1.19. The molecule has 2 aliphatic rings. The third-order valence-corrected chi connectivity index (χ3v) is 7.31. The molecular weight excluding hydrogens is 373 g/mol. The van der Waals surface area contributed by atoms with Crippen molar-refractivity contribution < 1.29 is 8.94 Å². The summed E-state index contributed by atoms with van der Waals surface area (Å²) < 4.78 is 29.1. The highest BCUT2D eigenvalue weighted by Crippen LogP contribution is 2.50. The van der Waals surface area contributed by atoms with Crippen molar-refractivity contribution in [3.05, 3.63) is 46.9 Å². The maximum absolute atomic E-state index is 14.0. The fourth-order valence-corrected chi connectivity index (χ4v) is 5.72. The molecule has 1 heterocycles. The van der Waals surface area contributed by atoms with Gasteiger partial charge in [0.05, 0.1) is 22.6 Å². The Morgan fingerprint density at radius 2 is 2.11 bits per heavy atom. The first-order valence-corrected chi connectivity index (χ1v) is 11.2. The van der Waals surface area contributed by atoms with E-state index in [4.69, 9.17) is 11.1 Å². The lowest BCUT2D eigenvalue weighted by molar-refractivity contribution is 0.248. The van der Waals surface area contributed by atoms with Crippen LogP contribution >= 0.6 is 0 Å². The van der Waals surface area contributed by atoms with Crippen LogP contribution in [0.3, 0.4) is 0 Å². The Labute approximate surface area is 168 Å². The summed E-state index contributed by atoms with van der Waals surface area (Å²) in [4.78, 5) is 0.835. The number of benzene rings is 1. The molecule has 0 spiro atoms. The molecule has 0 saturated heterocycles. The molecule has 3 N–H and O–H groups in total. The third kappa shape index (κ3) is 2.81. The molecule has 2 aromatic rings. The largest absolute Gasteiger partial charge is 0.612 e. The van der Waals surface area contributed by atoms with E-state index in [1.54, 1.807) is 19.3 Å². The highest BCUT2D eigenvalue weighted by atomic mass is 32.2. The molecule has 2 unspecified atom stereocenters. The maximum atomic E-state index is 14.0. The standard InChI is InChI=1S/C22H26FN3OS/c1-13-9-15(5-6-17(13)23)26-19-10-14(12-24)18(25)11-16(19)20(28(3)27)21(26)22(2)7-4-8-22/h6,9-12,15,24H,4-5,7-8,25H2,1-3H3. The second kappa shape index (κ2) is 6.78. The lowest BCUT2D eigenvalue weighted by atomic mass is 9.68. The van der Waals surface area contributed by atoms with Gasteiger partial charge in [0.1, 0.15) is 12.1 Å². The quantitative estimate of drug-likeness (QED) is 0.424. The van der Waals surface area contributed by atoms with Crippen molar-refractivity contribution >= 4 is 34.0 Å². The lowest BCUT2D eigenvalue weighted by Gasteiger charge is -2.40. The van der Waals surface area contributed by atoms with Crippen LogP contribution in [0.15, 0.2) is 40.6 Å². The zero-order chi connectivity index (χ0) is 20.2. The minimum Gasteiger partial charge on any atom is -0.612 e. The van der Waals surface area contributed by atoms with Crippen LogP contribution in [0.1, 0.15) is 56.8 Å². The highest BCUT2D eigenvalue weighted by molar-refractivity contribution is 7.91. The number of fused-ring (bicyclic) bond motifs is 1. The van der Waals surface area contributed by atoms with Crippen LogP contribution in [0.4, 0.5) is 10.1 Å². The van der Waals surface area contributed by atoms with E-state index in [1.807, 2.05) is 18.2 Å². The smallest absolute Gasteiger partial charge is 0.181 e. The molecule has 0 bridgehead atoms. The number of hydrogen-bond acceptors (Lipinski definition) is 3. The predicted molar refractivity (Wildman–Crippen MR) is 114 cm³/mol. The molecular formula is C22H26FN3OS. The number of allylic oxidation sites excluding steroid dienone is 4. The molecule has 1 aromatic carbocycles. The van der Waals surface area contributed by atoms with Crippen molar-refractivity contribution in [2.75, 3.05) is 12.0 Å². The minimum absolute atomic E-state index is 0.0473. The molecule has 1 fully saturated rings. The van der Waals surface area contributed by atoms with Gasteiger partial charge in [0.25, 0.3) is 0 Å². The van der Waals surface area contributed by atoms with E-state index in [9.17, 15) is 8.94 Å². The van der Waals surface area contributed by atoms with Gasteiger partial charge in [-0.3, -0.25) is 0 Å². The van der Waals surface area contributed by atoms with Crippen molar-refractivity contribution in [2.45, 2.75) is 55.9 Å². The number of anilines is 1. The fourth-order valence-electron chi connectivity index (χ4n) is 4.63. The van der Waals surface area contributed by atoms with Crippen LogP contribution in [0.25, 0.3) is 10.9 Å². The van der Waals surface area contributed by atoms with E-state index < -0.39 is 11.2 Å². The van der Waals surface area contributed by atoms with Gasteiger partial charge in [-0.25, -0.2) is 4.39 Å². The Kier molecular flexibility index (Phi) is 4.67. The second-order valence-electron chi connectivity index (χ2n) is 8.26. The summed E-state index contributed by atoms with van der Waals surface area (Å²) in [6, 6.07) is 3.72. The van der Waals surface area contributed by atoms with Crippen molar-refractivity contribution in [3.8, 4) is 0 Å². The molecule has 0 aliphatic heterocycles. The first-order chi connectivity index (χ1) is 13.3. The van der Waals surface area contributed by atoms with Gasteiger partial charge in [-0.15, -0.1) is 0 Å². The molecule has 4 nitrogen and oxygen atoms in total. The van der Waals surface area contributed by atoms with E-state index in [0.29, 0.717) is 23.2 Å². The Morgan fingerprint density at radius 1 is 1.39 bits per heavy atom. The van der Waals surface area contributed by atoms with Crippen LogP contribution in [-0.2, 0) is 16.6 Å². The number of nitrogen functional groups attached to an aromatic ring is 1. The van der Waals surface area contributed by atoms with Crippen LogP contribution in [-0.4, -0.2) is 21.6 Å². The maximum Gasteiger partial charge on any atom is 0.181 e. The Morgan fingerprint density at radius 3 is 2.64 bits per heavy atom. The van der Waals surface area contributed by atoms with Gasteiger partial charge in [0, 0.05) is 22.9 Å². The van der Waals surface area contributed by atoms with Crippen molar-refractivity contribution in [1.82, 2.24) is 4.57 Å². The number of nitrogens with zero attached hydrogens (tertiary/aromatic N) is 1. The van der Waals surface area contributed by atoms with Crippen molar-refractivity contribution in [2.24, 2.45) is 0 Å². The summed E-state index contributed by atoms with van der Waals surface area (Å²) in [6.45, 7) is 4.02. The number of rotatable bonds is 4. The summed E-state index contributed by atoms with van der Waals surface area (Å²) in [5, 5.41) is 8.59. The van der Waals surface area contributed by atoms with E-state index >= 15 is 0 Å². The number of halogens is 1. The molecule has 28 heavy (non-hydrogen) atoms. The van der Waals surface area contributed by atoms with Gasteiger partial charge in [-0.2, -0.15) is 0 Å². The normalized spacial score (nSPS) is 22.4. The van der Waals surface area contributed by atoms with Gasteiger partial charge in [0.2, 0.25) is 0 Å². The lowest BCUT2D eigenvalue weighted by Crippen LogP contribution is -2.35. The number of nitrogens with two attached hydrogens (primary N) is 1. The summed E-state index contributed by atoms with van der Waals surface area (Å²) in [7, 11) is 0. The van der Waals surface area contributed by atoms with E-state index in [0.717, 1.165) is 40.8 Å². The first kappa shape index (κ1) is 19.3. The van der Waals surface area contributed by atoms with Gasteiger partial charge >= 0.3 is 0 Å². The molecule has 2 atom stereocenters. The first-order valence-electron chi connectivity index (χ1n) is 9.63. The Hall–Kier alpha value is -2.05. The predicted octanol–water partition coefficient (Wildman–Crippen LogP) is 5.14. The van der Waals surface area contributed by atoms with Gasteiger partial charge < -0.3 is 20.3 Å². The molecule has 4 rings (SSSR count). The number of nitrogens with one attached hydrogen (secondary N) is 1. The van der Waals surface area contributed by atoms with E-state index in [2.05, 4.69) is 11.5 Å². The SMILES string of the molecule is CC1=CC(n2c(C3(C)CCC3)c([S+](C)[O-])c3cc(N)c(C=N)cc32)CC=C1F. The Balaban J connectivity index is 2.08. The zero-order valence-electron chi connectivity index (χ0n) is 16.5. The zero-order valence-corrected chi connectivity index (χ0v) is 17.3. The van der Waals surface area contributed by atoms with Crippen LogP contribution < -0.4 is 5.73 Å². The molecule has 6 heteroatoms. The molecule has 2 aliphatic carbocycles. The number of aromatic nitrogens is 1. The topological polar surface area (TPSA) is 77.9 Å². The summed E-state index contributed by atoms with van der Waals surface area (Å²) in [6.07, 6.45) is 10.3. The number of hydrogen-bond donors (Lipinski definition) is 2. The van der Waals surface area contributed by atoms with Crippen molar-refractivity contribution in [3.63, 3.8) is 0 Å². The van der Waals surface area contributed by atoms with Gasteiger partial charge in [0.15, 0.2) is 4.90 Å². The molecule has 0 amide bonds.